The van der Waals surface area contributed by atoms with Crippen molar-refractivity contribution in [2.45, 2.75) is 25.8 Å². The molecular weight excluding hydrogens is 236 g/mol. The third-order valence-corrected chi connectivity index (χ3v) is 2.77. The fourth-order valence-corrected chi connectivity index (χ4v) is 1.77. The second-order valence-electron chi connectivity index (χ2n) is 4.00. The summed E-state index contributed by atoms with van der Waals surface area (Å²) >= 11 is 5.66. The lowest BCUT2D eigenvalue weighted by Crippen LogP contribution is -2.17. The third kappa shape index (κ3) is 3.27. The van der Waals surface area contributed by atoms with E-state index in [2.05, 4.69) is 27.4 Å². The predicted molar refractivity (Wildman–Crippen MR) is 70.4 cm³/mol. The van der Waals surface area contributed by atoms with Crippen molar-refractivity contribution in [3.05, 3.63) is 24.3 Å². The fraction of sp³-hybridized carbons (Fsp3) is 0.417. The number of halogens is 1. The van der Waals surface area contributed by atoms with Gasteiger partial charge in [-0.2, -0.15) is 0 Å². The Morgan fingerprint density at radius 1 is 1.24 bits per heavy atom. The van der Waals surface area contributed by atoms with Crippen LogP contribution >= 0.6 is 11.6 Å². The van der Waals surface area contributed by atoms with Crippen molar-refractivity contribution in [2.24, 2.45) is 0 Å². The first kappa shape index (κ1) is 12.0. The van der Waals surface area contributed by atoms with Crippen LogP contribution in [0.2, 0.25) is 0 Å². The Balaban J connectivity index is 2.08. The Labute approximate surface area is 105 Å². The van der Waals surface area contributed by atoms with Gasteiger partial charge in [-0.1, -0.05) is 12.1 Å². The number of hydrogen-bond donors (Lipinski definition) is 1. The molecular formula is C12H15ClN4. The summed E-state index contributed by atoms with van der Waals surface area (Å²) in [5.41, 5.74) is 1.67. The van der Waals surface area contributed by atoms with Crippen LogP contribution in [0, 0.1) is 0 Å². The summed E-state index contributed by atoms with van der Waals surface area (Å²) in [5.74, 6) is 1.26. The summed E-state index contributed by atoms with van der Waals surface area (Å²) in [6.07, 6.45) is 1.98. The second kappa shape index (κ2) is 5.77. The molecule has 1 N–H and O–H groups in total. The van der Waals surface area contributed by atoms with Gasteiger partial charge in [0.05, 0.1) is 5.52 Å². The van der Waals surface area contributed by atoms with Crippen LogP contribution in [0.5, 0.6) is 0 Å². The van der Waals surface area contributed by atoms with Crippen LogP contribution in [0.25, 0.3) is 11.0 Å². The van der Waals surface area contributed by atoms with Crippen LogP contribution < -0.4 is 5.32 Å². The Morgan fingerprint density at radius 3 is 2.76 bits per heavy atom. The molecule has 17 heavy (non-hydrogen) atoms. The van der Waals surface area contributed by atoms with Gasteiger partial charge in [-0.05, 0) is 31.9 Å². The molecule has 5 heteroatoms. The molecule has 2 aromatic rings. The van der Waals surface area contributed by atoms with E-state index in [1.807, 2.05) is 24.3 Å². The van der Waals surface area contributed by atoms with E-state index in [4.69, 9.17) is 11.6 Å². The zero-order valence-corrected chi connectivity index (χ0v) is 10.5. The molecule has 0 aliphatic rings. The first-order chi connectivity index (χ1) is 8.29. The minimum absolute atomic E-state index is 0.303. The minimum Gasteiger partial charge on any atom is -0.350 e. The molecule has 0 aliphatic carbocycles. The number of nitrogens with zero attached hydrogens (tertiary/aromatic N) is 3. The Morgan fingerprint density at radius 2 is 2.00 bits per heavy atom. The van der Waals surface area contributed by atoms with Crippen LogP contribution in [0.3, 0.4) is 0 Å². The van der Waals surface area contributed by atoms with Gasteiger partial charge in [0, 0.05) is 11.9 Å². The normalized spacial score (nSPS) is 12.6. The number of fused-ring (bicyclic) bond motifs is 1. The molecule has 1 atom stereocenters. The van der Waals surface area contributed by atoms with Crippen molar-refractivity contribution in [3.63, 3.8) is 0 Å². The average Bonchev–Trinajstić information content (AvgIpc) is 2.36. The number of alkyl halides is 1. The number of anilines is 1. The highest BCUT2D eigenvalue weighted by atomic mass is 35.5. The van der Waals surface area contributed by atoms with Crippen molar-refractivity contribution in [1.82, 2.24) is 15.2 Å². The summed E-state index contributed by atoms with van der Waals surface area (Å²) in [6, 6.07) is 8.00. The van der Waals surface area contributed by atoms with Gasteiger partial charge < -0.3 is 5.32 Å². The molecule has 1 aromatic carbocycles. The summed E-state index contributed by atoms with van der Waals surface area (Å²) in [5, 5.41) is 11.4. The van der Waals surface area contributed by atoms with E-state index in [0.29, 0.717) is 17.9 Å². The number of aromatic nitrogens is 3. The van der Waals surface area contributed by atoms with Crippen molar-refractivity contribution < 1.29 is 0 Å². The maximum atomic E-state index is 5.66. The monoisotopic (exact) mass is 250 g/mol. The van der Waals surface area contributed by atoms with Crippen LogP contribution in [0.15, 0.2) is 24.3 Å². The van der Waals surface area contributed by atoms with Crippen LogP contribution in [0.4, 0.5) is 5.95 Å². The first-order valence-corrected chi connectivity index (χ1v) is 6.25. The second-order valence-corrected chi connectivity index (χ2v) is 4.38. The number of benzene rings is 1. The lowest BCUT2D eigenvalue weighted by molar-refractivity contribution is 0.685. The Kier molecular flexibility index (Phi) is 4.09. The van der Waals surface area contributed by atoms with Crippen molar-refractivity contribution in [1.29, 1.82) is 0 Å². The smallest absolute Gasteiger partial charge is 0.243 e. The number of para-hydroxylation sites is 1. The molecule has 1 heterocycles. The third-order valence-electron chi connectivity index (χ3n) is 2.51. The molecule has 0 spiro atoms. The molecule has 0 radical (unpaired) electrons. The highest BCUT2D eigenvalue weighted by molar-refractivity contribution is 6.17. The van der Waals surface area contributed by atoms with E-state index in [-0.39, 0.29) is 0 Å². The van der Waals surface area contributed by atoms with Crippen molar-refractivity contribution in [3.8, 4) is 0 Å². The van der Waals surface area contributed by atoms with Crippen LogP contribution in [0.1, 0.15) is 19.8 Å². The topological polar surface area (TPSA) is 50.7 Å². The van der Waals surface area contributed by atoms with E-state index in [1.54, 1.807) is 0 Å². The molecule has 0 bridgehead atoms. The molecule has 90 valence electrons. The quantitative estimate of drug-likeness (QED) is 0.829. The number of hydrogen-bond acceptors (Lipinski definition) is 4. The molecule has 0 saturated heterocycles. The van der Waals surface area contributed by atoms with Crippen LogP contribution in [-0.2, 0) is 0 Å². The summed E-state index contributed by atoms with van der Waals surface area (Å²) in [6.45, 7) is 2.09. The van der Waals surface area contributed by atoms with E-state index in [9.17, 15) is 0 Å². The number of nitrogens with one attached hydrogen (secondary N) is 1. The lowest BCUT2D eigenvalue weighted by Gasteiger charge is -2.12. The molecule has 0 amide bonds. The maximum Gasteiger partial charge on any atom is 0.243 e. The average molecular weight is 251 g/mol. The number of rotatable bonds is 5. The van der Waals surface area contributed by atoms with Gasteiger partial charge in [0.1, 0.15) is 5.52 Å². The van der Waals surface area contributed by atoms with Gasteiger partial charge in [-0.3, -0.25) is 0 Å². The zero-order valence-electron chi connectivity index (χ0n) is 9.73. The van der Waals surface area contributed by atoms with Gasteiger partial charge in [-0.25, -0.2) is 4.98 Å². The van der Waals surface area contributed by atoms with E-state index in [0.717, 1.165) is 23.9 Å². The molecule has 2 rings (SSSR count). The first-order valence-electron chi connectivity index (χ1n) is 5.71. The standard InChI is InChI=1S/C12H15ClN4/c1-9(5-4-8-13)14-12-15-10-6-2-3-7-11(10)16-17-12/h2-3,6-7,9H,4-5,8H2,1H3,(H,14,15,17). The predicted octanol–water partition coefficient (Wildman–Crippen LogP) is 2.84. The van der Waals surface area contributed by atoms with E-state index in [1.165, 1.54) is 0 Å². The largest absolute Gasteiger partial charge is 0.350 e. The Hall–Kier alpha value is -1.42. The molecule has 0 fully saturated rings. The maximum absolute atomic E-state index is 5.66. The molecule has 4 nitrogen and oxygen atoms in total. The molecule has 1 aromatic heterocycles. The van der Waals surface area contributed by atoms with Crippen molar-refractivity contribution in [2.75, 3.05) is 11.2 Å². The molecule has 0 aliphatic heterocycles. The van der Waals surface area contributed by atoms with Gasteiger partial charge in [-0.15, -0.1) is 21.8 Å². The van der Waals surface area contributed by atoms with Crippen LogP contribution in [-0.4, -0.2) is 27.1 Å². The fourth-order valence-electron chi connectivity index (χ4n) is 1.62. The van der Waals surface area contributed by atoms with E-state index >= 15 is 0 Å². The zero-order chi connectivity index (χ0) is 12.1. The van der Waals surface area contributed by atoms with Gasteiger partial charge in [0.15, 0.2) is 0 Å². The Bertz CT molecular complexity index is 489. The van der Waals surface area contributed by atoms with E-state index < -0.39 is 0 Å². The minimum atomic E-state index is 0.303. The lowest BCUT2D eigenvalue weighted by atomic mass is 10.2. The summed E-state index contributed by atoms with van der Waals surface area (Å²) < 4.78 is 0. The van der Waals surface area contributed by atoms with Crippen molar-refractivity contribution >= 4 is 28.6 Å². The van der Waals surface area contributed by atoms with Gasteiger partial charge >= 0.3 is 0 Å². The summed E-state index contributed by atoms with van der Waals surface area (Å²) in [7, 11) is 0. The SMILES string of the molecule is CC(CCCCl)Nc1nnc2ccccc2n1. The highest BCUT2D eigenvalue weighted by Crippen LogP contribution is 2.10. The molecule has 1 unspecified atom stereocenters. The van der Waals surface area contributed by atoms with Gasteiger partial charge in [0.2, 0.25) is 5.95 Å². The summed E-state index contributed by atoms with van der Waals surface area (Å²) in [4.78, 5) is 4.41. The highest BCUT2D eigenvalue weighted by Gasteiger charge is 2.05. The molecule has 0 saturated carbocycles. The van der Waals surface area contributed by atoms with Gasteiger partial charge in [0.25, 0.3) is 0 Å².